The highest BCUT2D eigenvalue weighted by Gasteiger charge is 2.42. The Kier molecular flexibility index (Phi) is 6.72. The van der Waals surface area contributed by atoms with E-state index in [2.05, 4.69) is 35.1 Å². The van der Waals surface area contributed by atoms with Gasteiger partial charge < -0.3 is 15.2 Å². The van der Waals surface area contributed by atoms with Crippen molar-refractivity contribution in [3.63, 3.8) is 0 Å². The van der Waals surface area contributed by atoms with Crippen molar-refractivity contribution in [2.75, 3.05) is 23.1 Å². The maximum Gasteiger partial charge on any atom is 0.229 e. The summed E-state index contributed by atoms with van der Waals surface area (Å²) in [6.45, 7) is 1.91. The van der Waals surface area contributed by atoms with E-state index in [1.165, 1.54) is 12.1 Å². The van der Waals surface area contributed by atoms with Gasteiger partial charge in [0.25, 0.3) is 0 Å². The van der Waals surface area contributed by atoms with Crippen molar-refractivity contribution < 1.29 is 12.8 Å². The van der Waals surface area contributed by atoms with E-state index in [4.69, 9.17) is 9.97 Å². The molecular weight excluding hydrogens is 514 g/mol. The van der Waals surface area contributed by atoms with Gasteiger partial charge in [-0.15, -0.1) is 9.24 Å². The molecule has 1 aliphatic rings. The smallest absolute Gasteiger partial charge is 0.229 e. The summed E-state index contributed by atoms with van der Waals surface area (Å²) >= 11 is 0. The van der Waals surface area contributed by atoms with Crippen molar-refractivity contribution in [1.29, 1.82) is 0 Å². The average molecular weight is 543 g/mol. The third-order valence-corrected chi connectivity index (χ3v) is 7.74. The van der Waals surface area contributed by atoms with Gasteiger partial charge in [-0.25, -0.2) is 22.8 Å². The summed E-state index contributed by atoms with van der Waals surface area (Å²) in [5, 5.41) is 13.5. The molecule has 10 nitrogen and oxygen atoms in total. The lowest BCUT2D eigenvalue weighted by molar-refractivity contribution is 0.596. The van der Waals surface area contributed by atoms with Crippen LogP contribution in [-0.2, 0) is 16.9 Å². The SMILES string of the molecule is Cc1cc(Nc2nc(Nc3ccc(S(C)(=O)=O)cc3F)nc(-c3cn(C)cn3)c2C2CC2CCP)n[nH]1. The van der Waals surface area contributed by atoms with Crippen LogP contribution < -0.4 is 10.6 Å². The van der Waals surface area contributed by atoms with Crippen molar-refractivity contribution in [3.05, 3.63) is 53.9 Å². The van der Waals surface area contributed by atoms with Crippen molar-refractivity contribution in [2.45, 2.75) is 30.6 Å². The molecule has 0 spiro atoms. The fourth-order valence-electron chi connectivity index (χ4n) is 4.39. The minimum absolute atomic E-state index is 0.0565. The van der Waals surface area contributed by atoms with Gasteiger partial charge in [0, 0.05) is 36.8 Å². The number of aryl methyl sites for hydroxylation is 2. The second-order valence-corrected chi connectivity index (χ2v) is 12.0. The van der Waals surface area contributed by atoms with Gasteiger partial charge in [-0.05, 0) is 56.0 Å². The van der Waals surface area contributed by atoms with E-state index in [9.17, 15) is 12.8 Å². The third kappa shape index (κ3) is 5.50. The molecule has 1 saturated carbocycles. The van der Waals surface area contributed by atoms with E-state index in [1.54, 1.807) is 6.33 Å². The van der Waals surface area contributed by atoms with Crippen molar-refractivity contribution in [3.8, 4) is 11.4 Å². The molecule has 1 aliphatic carbocycles. The highest BCUT2D eigenvalue weighted by Crippen LogP contribution is 2.54. The Bertz CT molecular complexity index is 1570. The molecule has 4 aromatic rings. The van der Waals surface area contributed by atoms with Crippen LogP contribution in [0.3, 0.4) is 0 Å². The molecule has 3 aromatic heterocycles. The first kappa shape index (κ1) is 25.3. The van der Waals surface area contributed by atoms with Crippen LogP contribution in [0.5, 0.6) is 0 Å². The molecule has 3 unspecified atom stereocenters. The first-order chi connectivity index (χ1) is 17.6. The van der Waals surface area contributed by atoms with Gasteiger partial charge in [-0.2, -0.15) is 10.1 Å². The largest absolute Gasteiger partial charge is 0.340 e. The van der Waals surface area contributed by atoms with Crippen LogP contribution in [0.15, 0.2) is 41.7 Å². The quantitative estimate of drug-likeness (QED) is 0.267. The van der Waals surface area contributed by atoms with Crippen LogP contribution in [0.2, 0.25) is 0 Å². The lowest BCUT2D eigenvalue weighted by Crippen LogP contribution is -2.09. The number of imidazole rings is 1. The molecule has 0 amide bonds. The summed E-state index contributed by atoms with van der Waals surface area (Å²) in [7, 11) is 1.12. The molecule has 37 heavy (non-hydrogen) atoms. The van der Waals surface area contributed by atoms with Gasteiger partial charge in [0.15, 0.2) is 15.7 Å². The molecule has 0 saturated heterocycles. The van der Waals surface area contributed by atoms with E-state index in [0.717, 1.165) is 42.6 Å². The number of nitrogens with one attached hydrogen (secondary N) is 3. The van der Waals surface area contributed by atoms with Gasteiger partial charge in [0.2, 0.25) is 5.95 Å². The van der Waals surface area contributed by atoms with Gasteiger partial charge in [0.05, 0.1) is 16.9 Å². The van der Waals surface area contributed by atoms with Crippen LogP contribution in [0.25, 0.3) is 11.4 Å². The number of rotatable bonds is 9. The monoisotopic (exact) mass is 542 g/mol. The summed E-state index contributed by atoms with van der Waals surface area (Å²) in [5.41, 5.74) is 3.22. The molecule has 5 rings (SSSR count). The molecule has 3 atom stereocenters. The highest BCUT2D eigenvalue weighted by atomic mass is 32.2. The number of aromatic nitrogens is 6. The topological polar surface area (TPSA) is 130 Å². The number of aromatic amines is 1. The van der Waals surface area contributed by atoms with Gasteiger partial charge in [-0.1, -0.05) is 0 Å². The molecule has 3 heterocycles. The Labute approximate surface area is 216 Å². The molecule has 194 valence electrons. The van der Waals surface area contributed by atoms with Crippen LogP contribution >= 0.6 is 9.24 Å². The minimum Gasteiger partial charge on any atom is -0.340 e. The van der Waals surface area contributed by atoms with Gasteiger partial charge in [-0.3, -0.25) is 5.10 Å². The Morgan fingerprint density at radius 2 is 2.05 bits per heavy atom. The molecule has 1 aromatic carbocycles. The molecule has 3 N–H and O–H groups in total. The first-order valence-corrected chi connectivity index (χ1v) is 14.5. The normalized spacial score (nSPS) is 17.1. The number of anilines is 4. The number of sulfone groups is 1. The Balaban J connectivity index is 1.61. The molecule has 1 fully saturated rings. The van der Waals surface area contributed by atoms with E-state index in [-0.39, 0.29) is 22.4 Å². The Hall–Kier alpha value is -3.37. The Morgan fingerprint density at radius 1 is 1.24 bits per heavy atom. The van der Waals surface area contributed by atoms with Crippen LogP contribution in [0, 0.1) is 18.7 Å². The Morgan fingerprint density at radius 3 is 2.68 bits per heavy atom. The maximum atomic E-state index is 14.9. The van der Waals surface area contributed by atoms with Crippen LogP contribution in [0.4, 0.5) is 27.7 Å². The fraction of sp³-hybridized carbons (Fsp3) is 0.333. The summed E-state index contributed by atoms with van der Waals surface area (Å²) in [6, 6.07) is 5.56. The van der Waals surface area contributed by atoms with E-state index in [0.29, 0.717) is 28.9 Å². The second kappa shape index (κ2) is 9.83. The zero-order valence-electron chi connectivity index (χ0n) is 20.7. The zero-order valence-corrected chi connectivity index (χ0v) is 22.6. The molecule has 0 radical (unpaired) electrons. The van der Waals surface area contributed by atoms with Crippen molar-refractivity contribution in [2.24, 2.45) is 13.0 Å². The predicted molar refractivity (Wildman–Crippen MR) is 144 cm³/mol. The van der Waals surface area contributed by atoms with E-state index in [1.807, 2.05) is 30.8 Å². The number of hydrogen-bond acceptors (Lipinski definition) is 8. The van der Waals surface area contributed by atoms with E-state index >= 15 is 0 Å². The molecule has 0 aliphatic heterocycles. The summed E-state index contributed by atoms with van der Waals surface area (Å²) in [5.74, 6) is 1.34. The second-order valence-electron chi connectivity index (χ2n) is 9.36. The average Bonchev–Trinajstić information content (AvgIpc) is 3.22. The number of benzene rings is 1. The fourth-order valence-corrected chi connectivity index (χ4v) is 5.45. The molecule has 13 heteroatoms. The van der Waals surface area contributed by atoms with Crippen LogP contribution in [0.1, 0.15) is 30.0 Å². The number of nitrogens with zero attached hydrogens (tertiary/aromatic N) is 5. The number of halogens is 1. The third-order valence-electron chi connectivity index (χ3n) is 6.29. The van der Waals surface area contributed by atoms with Crippen LogP contribution in [-0.4, -0.2) is 50.6 Å². The van der Waals surface area contributed by atoms with Gasteiger partial charge >= 0.3 is 0 Å². The summed E-state index contributed by atoms with van der Waals surface area (Å²) in [6.07, 6.45) is 7.70. The summed E-state index contributed by atoms with van der Waals surface area (Å²) < 4.78 is 40.3. The van der Waals surface area contributed by atoms with E-state index < -0.39 is 15.7 Å². The lowest BCUT2D eigenvalue weighted by Gasteiger charge is -2.16. The minimum atomic E-state index is -3.54. The number of H-pyrrole nitrogens is 1. The standard InChI is InChI=1S/C24H28FN8O2PS/c1-13-8-20(32-31-13)28-23-21(16-9-14(16)6-7-36)22(19-11-33(2)12-26-19)29-24(30-23)27-18-5-4-15(10-17(18)25)37(3,34)35/h4-5,8,10-12,14,16H,6-7,9,36H2,1-3H3,(H3,27,28,29,30,31,32). The van der Waals surface area contributed by atoms with Crippen molar-refractivity contribution in [1.82, 2.24) is 29.7 Å². The predicted octanol–water partition coefficient (Wildman–Crippen LogP) is 4.31. The highest BCUT2D eigenvalue weighted by molar-refractivity contribution is 7.90. The maximum absolute atomic E-state index is 14.9. The van der Waals surface area contributed by atoms with Gasteiger partial charge in [0.1, 0.15) is 23.0 Å². The lowest BCUT2D eigenvalue weighted by atomic mass is 10.0. The molecule has 0 bridgehead atoms. The number of hydrogen-bond donors (Lipinski definition) is 3. The summed E-state index contributed by atoms with van der Waals surface area (Å²) in [4.78, 5) is 13.9. The van der Waals surface area contributed by atoms with Crippen molar-refractivity contribution >= 4 is 42.3 Å². The molecular formula is C24H28FN8O2PS. The zero-order chi connectivity index (χ0) is 26.3. The first-order valence-electron chi connectivity index (χ1n) is 11.8.